The summed E-state index contributed by atoms with van der Waals surface area (Å²) < 4.78 is 0. The Morgan fingerprint density at radius 1 is 1.28 bits per heavy atom. The van der Waals surface area contributed by atoms with Crippen LogP contribution in [0.1, 0.15) is 40.2 Å². The van der Waals surface area contributed by atoms with Gasteiger partial charge >= 0.3 is 0 Å². The molecule has 18 heavy (non-hydrogen) atoms. The zero-order valence-corrected chi connectivity index (χ0v) is 13.0. The second-order valence-electron chi connectivity index (χ2n) is 4.81. The number of hydrogen-bond acceptors (Lipinski definition) is 4. The van der Waals surface area contributed by atoms with Crippen LogP contribution in [0.2, 0.25) is 0 Å². The predicted molar refractivity (Wildman–Crippen MR) is 80.6 cm³/mol. The first kappa shape index (κ1) is 13.7. The number of aromatic nitrogens is 1. The monoisotopic (exact) mass is 280 g/mol. The lowest BCUT2D eigenvalue weighted by Crippen LogP contribution is -2.30. The van der Waals surface area contributed by atoms with Crippen molar-refractivity contribution in [1.29, 1.82) is 0 Å². The fourth-order valence-electron chi connectivity index (χ4n) is 2.18. The molecule has 0 aliphatic carbocycles. The molecule has 2 aromatic heterocycles. The molecule has 98 valence electrons. The van der Waals surface area contributed by atoms with Crippen LogP contribution < -0.4 is 5.32 Å². The number of nitrogens with zero attached hydrogens (tertiary/aromatic N) is 1. The third-order valence-electron chi connectivity index (χ3n) is 3.01. The molecular weight excluding hydrogens is 260 g/mol. The number of thiophene rings is 1. The molecule has 0 aliphatic heterocycles. The molecule has 0 saturated heterocycles. The Morgan fingerprint density at radius 3 is 2.61 bits per heavy atom. The molecule has 0 aromatic carbocycles. The predicted octanol–water partition coefficient (Wildman–Crippen LogP) is 4.10. The van der Waals surface area contributed by atoms with E-state index in [1.807, 2.05) is 16.8 Å². The van der Waals surface area contributed by atoms with E-state index in [1.54, 1.807) is 11.3 Å². The molecule has 0 saturated carbocycles. The Bertz CT molecular complexity index is 501. The van der Waals surface area contributed by atoms with E-state index in [2.05, 4.69) is 50.1 Å². The molecule has 0 fully saturated rings. The van der Waals surface area contributed by atoms with Crippen LogP contribution >= 0.6 is 22.7 Å². The number of thiazole rings is 1. The molecule has 0 amide bonds. The van der Waals surface area contributed by atoms with Gasteiger partial charge in [0.05, 0.1) is 11.2 Å². The summed E-state index contributed by atoms with van der Waals surface area (Å²) in [4.78, 5) is 8.52. The highest BCUT2D eigenvalue weighted by Crippen LogP contribution is 2.23. The lowest BCUT2D eigenvalue weighted by molar-refractivity contribution is 0.482. The quantitative estimate of drug-likeness (QED) is 0.892. The van der Waals surface area contributed by atoms with E-state index in [0.717, 1.165) is 12.1 Å². The maximum absolute atomic E-state index is 4.31. The van der Waals surface area contributed by atoms with Gasteiger partial charge in [0.25, 0.3) is 0 Å². The van der Waals surface area contributed by atoms with Gasteiger partial charge < -0.3 is 5.32 Å². The highest BCUT2D eigenvalue weighted by Gasteiger charge is 2.14. The van der Waals surface area contributed by atoms with Gasteiger partial charge in [-0.25, -0.2) is 4.98 Å². The van der Waals surface area contributed by atoms with Crippen molar-refractivity contribution in [3.63, 3.8) is 0 Å². The largest absolute Gasteiger partial charge is 0.307 e. The summed E-state index contributed by atoms with van der Waals surface area (Å²) in [6, 6.07) is 5.30. The molecule has 0 bridgehead atoms. The summed E-state index contributed by atoms with van der Waals surface area (Å²) >= 11 is 3.63. The van der Waals surface area contributed by atoms with Crippen LogP contribution in [0.15, 0.2) is 17.6 Å². The van der Waals surface area contributed by atoms with E-state index in [1.165, 1.54) is 14.6 Å². The summed E-state index contributed by atoms with van der Waals surface area (Å²) in [5.74, 6) is 0. The van der Waals surface area contributed by atoms with Crippen LogP contribution in [-0.4, -0.2) is 11.0 Å². The summed E-state index contributed by atoms with van der Waals surface area (Å²) in [5, 5.41) is 3.66. The van der Waals surface area contributed by atoms with Crippen LogP contribution in [-0.2, 0) is 6.42 Å². The maximum Gasteiger partial charge on any atom is 0.0798 e. The van der Waals surface area contributed by atoms with Gasteiger partial charge in [0.2, 0.25) is 0 Å². The molecule has 2 unspecified atom stereocenters. The zero-order chi connectivity index (χ0) is 13.1. The Balaban J connectivity index is 1.91. The summed E-state index contributed by atoms with van der Waals surface area (Å²) in [6.07, 6.45) is 1.10. The van der Waals surface area contributed by atoms with E-state index in [-0.39, 0.29) is 0 Å². The van der Waals surface area contributed by atoms with E-state index in [4.69, 9.17) is 0 Å². The molecule has 2 atom stereocenters. The van der Waals surface area contributed by atoms with Gasteiger partial charge in [-0.15, -0.1) is 22.7 Å². The average molecular weight is 280 g/mol. The van der Waals surface area contributed by atoms with E-state index < -0.39 is 0 Å². The second kappa shape index (κ2) is 5.95. The van der Waals surface area contributed by atoms with Crippen molar-refractivity contribution >= 4 is 22.7 Å². The van der Waals surface area contributed by atoms with Gasteiger partial charge in [0.15, 0.2) is 0 Å². The third kappa shape index (κ3) is 3.40. The highest BCUT2D eigenvalue weighted by atomic mass is 32.1. The molecule has 4 heteroatoms. The molecule has 2 rings (SSSR count). The van der Waals surface area contributed by atoms with E-state index in [0.29, 0.717) is 12.1 Å². The van der Waals surface area contributed by atoms with Crippen LogP contribution in [0.4, 0.5) is 0 Å². The van der Waals surface area contributed by atoms with Crippen molar-refractivity contribution in [2.75, 3.05) is 0 Å². The molecule has 1 N–H and O–H groups in total. The standard InChI is InChI=1S/C14H20N2S2/c1-9(7-13-6-5-10(2)18-13)16-12(4)14-11(3)15-8-17-14/h5-6,8-9,12,16H,7H2,1-4H3. The highest BCUT2D eigenvalue weighted by molar-refractivity contribution is 7.11. The molecule has 0 radical (unpaired) electrons. The molecule has 0 spiro atoms. The van der Waals surface area contributed by atoms with Crippen LogP contribution in [0.5, 0.6) is 0 Å². The SMILES string of the molecule is Cc1ccc(CC(C)NC(C)c2scnc2C)s1. The average Bonchev–Trinajstić information content (AvgIpc) is 2.87. The number of nitrogens with one attached hydrogen (secondary N) is 1. The van der Waals surface area contributed by atoms with Gasteiger partial charge in [-0.2, -0.15) is 0 Å². The van der Waals surface area contributed by atoms with Crippen molar-refractivity contribution in [3.8, 4) is 0 Å². The van der Waals surface area contributed by atoms with E-state index >= 15 is 0 Å². The minimum atomic E-state index is 0.383. The van der Waals surface area contributed by atoms with Gasteiger partial charge in [-0.3, -0.25) is 0 Å². The maximum atomic E-state index is 4.31. The minimum absolute atomic E-state index is 0.383. The first-order chi connectivity index (χ1) is 8.56. The van der Waals surface area contributed by atoms with Crippen LogP contribution in [0.25, 0.3) is 0 Å². The van der Waals surface area contributed by atoms with Gasteiger partial charge in [0.1, 0.15) is 0 Å². The fraction of sp³-hybridized carbons (Fsp3) is 0.500. The van der Waals surface area contributed by atoms with Gasteiger partial charge in [-0.1, -0.05) is 0 Å². The van der Waals surface area contributed by atoms with Crippen LogP contribution in [0.3, 0.4) is 0 Å². The Morgan fingerprint density at radius 2 is 2.06 bits per heavy atom. The smallest absolute Gasteiger partial charge is 0.0798 e. The third-order valence-corrected chi connectivity index (χ3v) is 5.15. The Hall–Kier alpha value is -0.710. The summed E-state index contributed by atoms with van der Waals surface area (Å²) in [6.45, 7) is 8.71. The normalized spacial score (nSPS) is 14.7. The van der Waals surface area contributed by atoms with Crippen molar-refractivity contribution < 1.29 is 0 Å². The van der Waals surface area contributed by atoms with Crippen molar-refractivity contribution in [2.45, 2.75) is 46.2 Å². The molecule has 2 heterocycles. The second-order valence-corrected chi connectivity index (χ2v) is 7.07. The van der Waals surface area contributed by atoms with Crippen LogP contribution in [0, 0.1) is 13.8 Å². The number of aryl methyl sites for hydroxylation is 2. The summed E-state index contributed by atoms with van der Waals surface area (Å²) in [7, 11) is 0. The topological polar surface area (TPSA) is 24.9 Å². The fourth-order valence-corrected chi connectivity index (χ4v) is 4.02. The molecular formula is C14H20N2S2. The van der Waals surface area contributed by atoms with Crippen molar-refractivity contribution in [2.24, 2.45) is 0 Å². The van der Waals surface area contributed by atoms with Crippen molar-refractivity contribution in [3.05, 3.63) is 38.0 Å². The minimum Gasteiger partial charge on any atom is -0.307 e. The molecule has 2 aromatic rings. The number of rotatable bonds is 5. The Labute approximate surface area is 117 Å². The Kier molecular flexibility index (Phi) is 4.54. The first-order valence-corrected chi connectivity index (χ1v) is 7.97. The van der Waals surface area contributed by atoms with Crippen molar-refractivity contribution in [1.82, 2.24) is 10.3 Å². The number of hydrogen-bond donors (Lipinski definition) is 1. The molecule has 2 nitrogen and oxygen atoms in total. The lowest BCUT2D eigenvalue weighted by atomic mass is 10.1. The van der Waals surface area contributed by atoms with E-state index in [9.17, 15) is 0 Å². The first-order valence-electron chi connectivity index (χ1n) is 6.27. The van der Waals surface area contributed by atoms with Gasteiger partial charge in [0, 0.05) is 26.7 Å². The van der Waals surface area contributed by atoms with Gasteiger partial charge in [-0.05, 0) is 46.2 Å². The zero-order valence-electron chi connectivity index (χ0n) is 11.4. The molecule has 0 aliphatic rings. The lowest BCUT2D eigenvalue weighted by Gasteiger charge is -2.19. The summed E-state index contributed by atoms with van der Waals surface area (Å²) in [5.41, 5.74) is 3.08.